The first-order chi connectivity index (χ1) is 42.1. The monoisotopic (exact) mass is 1280 g/mol. The molecule has 0 aliphatic rings. The normalized spacial score (nSPS) is 14.4. The first-order valence-corrected chi connectivity index (χ1v) is 38.7. The van der Waals surface area contributed by atoms with Crippen molar-refractivity contribution in [3.05, 3.63) is 0 Å². The van der Waals surface area contributed by atoms with Crippen molar-refractivity contribution in [1.29, 1.82) is 0 Å². The average molecular weight is 1280 g/mol. The van der Waals surface area contributed by atoms with Crippen LogP contribution in [0.5, 0.6) is 0 Å². The molecule has 0 spiro atoms. The molecule has 0 heterocycles. The molecule has 17 nitrogen and oxygen atoms in total. The maximum absolute atomic E-state index is 13.0. The number of aliphatic hydroxyl groups excluding tert-OH is 1. The summed E-state index contributed by atoms with van der Waals surface area (Å²) in [4.78, 5) is 72.2. The summed E-state index contributed by atoms with van der Waals surface area (Å²) in [5, 5.41) is 10.5. The summed E-state index contributed by atoms with van der Waals surface area (Å²) in [5.74, 6) is -1.32. The lowest BCUT2D eigenvalue weighted by Crippen LogP contribution is -2.30. The van der Waals surface area contributed by atoms with Crippen molar-refractivity contribution in [3.8, 4) is 0 Å². The molecular weight excluding hydrogens is 1150 g/mol. The molecule has 0 aromatic heterocycles. The van der Waals surface area contributed by atoms with Crippen molar-refractivity contribution in [2.24, 2.45) is 5.92 Å². The lowest BCUT2D eigenvalue weighted by molar-refractivity contribution is -0.161. The number of aliphatic hydroxyl groups is 1. The molecule has 0 bridgehead atoms. The Hall–Kier alpha value is -1.94. The van der Waals surface area contributed by atoms with Crippen LogP contribution in [0.1, 0.15) is 349 Å². The van der Waals surface area contributed by atoms with E-state index in [0.29, 0.717) is 25.7 Å². The second-order valence-corrected chi connectivity index (χ2v) is 27.7. The van der Waals surface area contributed by atoms with Crippen molar-refractivity contribution in [1.82, 2.24) is 0 Å². The third kappa shape index (κ3) is 61.3. The molecule has 0 radical (unpaired) electrons. The van der Waals surface area contributed by atoms with Crippen LogP contribution in [0.15, 0.2) is 0 Å². The van der Waals surface area contributed by atoms with E-state index in [1.54, 1.807) is 0 Å². The first-order valence-electron chi connectivity index (χ1n) is 35.7. The van der Waals surface area contributed by atoms with Gasteiger partial charge in [-0.3, -0.25) is 37.3 Å². The van der Waals surface area contributed by atoms with Crippen LogP contribution in [0.4, 0.5) is 0 Å². The number of esters is 4. The van der Waals surface area contributed by atoms with E-state index in [4.69, 9.17) is 37.0 Å². The van der Waals surface area contributed by atoms with Crippen LogP contribution in [0.2, 0.25) is 0 Å². The third-order valence-electron chi connectivity index (χ3n) is 16.1. The Balaban J connectivity index is 5.17. The standard InChI is InChI=1S/C68H132O17P2/c1-6-10-13-16-19-21-22-23-24-25-26-27-28-29-34-39-44-49-54-68(73)85-64(58-79-66(71)52-47-42-38-33-31-30-32-36-40-45-50-61(5)9-4)60-83-87(76,77)81-56-62(69)55-80-86(74,75)82-59-63(57-78-65(70)51-46-41-35-18-15-12-8-3)84-67(72)53-48-43-37-20-17-14-11-7-2/h61-64,69H,6-60H2,1-5H3,(H,74,75)(H,76,77)/t61?,62-,63+,64+/m0/s1. The number of hydrogen-bond acceptors (Lipinski definition) is 15. The molecule has 87 heavy (non-hydrogen) atoms. The zero-order chi connectivity index (χ0) is 64.2. The van der Waals surface area contributed by atoms with Crippen LogP contribution in [-0.2, 0) is 65.4 Å². The summed E-state index contributed by atoms with van der Waals surface area (Å²) < 4.78 is 68.0. The molecule has 3 unspecified atom stereocenters. The van der Waals surface area contributed by atoms with Crippen molar-refractivity contribution in [2.45, 2.75) is 368 Å². The third-order valence-corrected chi connectivity index (χ3v) is 18.0. The molecule has 0 saturated heterocycles. The lowest BCUT2D eigenvalue weighted by Gasteiger charge is -2.21. The highest BCUT2D eigenvalue weighted by atomic mass is 31.2. The van der Waals surface area contributed by atoms with Gasteiger partial charge in [-0.1, -0.05) is 298 Å². The molecule has 0 aliphatic carbocycles. The smallest absolute Gasteiger partial charge is 0.462 e. The van der Waals surface area contributed by atoms with Gasteiger partial charge in [-0.2, -0.15) is 0 Å². The molecule has 0 amide bonds. The van der Waals surface area contributed by atoms with Crippen molar-refractivity contribution in [2.75, 3.05) is 39.6 Å². The molecule has 0 saturated carbocycles. The Morgan fingerprint density at radius 2 is 0.552 bits per heavy atom. The van der Waals surface area contributed by atoms with Gasteiger partial charge in [0.25, 0.3) is 0 Å². The number of phosphoric ester groups is 2. The van der Waals surface area contributed by atoms with E-state index in [-0.39, 0.29) is 25.7 Å². The average Bonchev–Trinajstić information content (AvgIpc) is 3.71. The summed E-state index contributed by atoms with van der Waals surface area (Å²) in [7, 11) is -9.89. The van der Waals surface area contributed by atoms with E-state index in [1.807, 2.05) is 0 Å². The number of hydrogen-bond donors (Lipinski definition) is 3. The highest BCUT2D eigenvalue weighted by Crippen LogP contribution is 2.45. The fourth-order valence-corrected chi connectivity index (χ4v) is 11.8. The molecule has 3 N–H and O–H groups in total. The Morgan fingerprint density at radius 3 is 0.816 bits per heavy atom. The predicted molar refractivity (Wildman–Crippen MR) is 349 cm³/mol. The summed E-state index contributed by atoms with van der Waals surface area (Å²) in [6.45, 7) is 7.19. The first kappa shape index (κ1) is 85.1. The minimum atomic E-state index is -4.95. The van der Waals surface area contributed by atoms with E-state index >= 15 is 0 Å². The largest absolute Gasteiger partial charge is 0.472 e. The van der Waals surface area contributed by atoms with Gasteiger partial charge in [0.2, 0.25) is 0 Å². The number of carbonyl (C=O) groups excluding carboxylic acids is 4. The van der Waals surface area contributed by atoms with Crippen LogP contribution in [0.3, 0.4) is 0 Å². The van der Waals surface area contributed by atoms with Gasteiger partial charge in [0.05, 0.1) is 26.4 Å². The highest BCUT2D eigenvalue weighted by molar-refractivity contribution is 7.47. The highest BCUT2D eigenvalue weighted by Gasteiger charge is 2.30. The molecular formula is C68H132O17P2. The summed E-state index contributed by atoms with van der Waals surface area (Å²) in [6, 6.07) is 0. The van der Waals surface area contributed by atoms with Crippen LogP contribution < -0.4 is 0 Å². The number of carbonyl (C=O) groups is 4. The zero-order valence-electron chi connectivity index (χ0n) is 56.2. The number of unbranched alkanes of at least 4 members (excludes halogenated alkanes) is 39. The van der Waals surface area contributed by atoms with Crippen LogP contribution in [0, 0.1) is 5.92 Å². The zero-order valence-corrected chi connectivity index (χ0v) is 57.9. The minimum Gasteiger partial charge on any atom is -0.462 e. The molecule has 6 atom stereocenters. The van der Waals surface area contributed by atoms with Crippen LogP contribution >= 0.6 is 15.6 Å². The Kier molecular flexibility index (Phi) is 60.2. The van der Waals surface area contributed by atoms with Gasteiger partial charge in [-0.05, 0) is 31.6 Å². The van der Waals surface area contributed by atoms with E-state index < -0.39 is 97.5 Å². The molecule has 0 aliphatic heterocycles. The van der Waals surface area contributed by atoms with Gasteiger partial charge in [0.1, 0.15) is 19.3 Å². The number of phosphoric acid groups is 2. The fraction of sp³-hybridized carbons (Fsp3) is 0.941. The quantitative estimate of drug-likeness (QED) is 0.0222. The van der Waals surface area contributed by atoms with Crippen molar-refractivity contribution in [3.63, 3.8) is 0 Å². The van der Waals surface area contributed by atoms with Crippen molar-refractivity contribution >= 4 is 39.5 Å². The van der Waals surface area contributed by atoms with E-state index in [1.165, 1.54) is 154 Å². The number of ether oxygens (including phenoxy) is 4. The molecule has 0 aromatic carbocycles. The van der Waals surface area contributed by atoms with Crippen LogP contribution in [0.25, 0.3) is 0 Å². The van der Waals surface area contributed by atoms with Gasteiger partial charge in [0, 0.05) is 25.7 Å². The fourth-order valence-electron chi connectivity index (χ4n) is 10.3. The van der Waals surface area contributed by atoms with Gasteiger partial charge in [-0.15, -0.1) is 0 Å². The van der Waals surface area contributed by atoms with Gasteiger partial charge in [0.15, 0.2) is 12.2 Å². The van der Waals surface area contributed by atoms with Crippen LogP contribution in [-0.4, -0.2) is 96.7 Å². The van der Waals surface area contributed by atoms with Crippen molar-refractivity contribution < 1.29 is 80.2 Å². The Morgan fingerprint density at radius 1 is 0.322 bits per heavy atom. The summed E-state index contributed by atoms with van der Waals surface area (Å²) in [5.41, 5.74) is 0. The molecule has 0 aromatic rings. The summed E-state index contributed by atoms with van der Waals surface area (Å²) >= 11 is 0. The molecule has 0 rings (SSSR count). The van der Waals surface area contributed by atoms with E-state index in [0.717, 1.165) is 115 Å². The lowest BCUT2D eigenvalue weighted by atomic mass is 9.99. The van der Waals surface area contributed by atoms with E-state index in [2.05, 4.69) is 34.6 Å². The molecule has 0 fully saturated rings. The topological polar surface area (TPSA) is 237 Å². The molecule has 19 heteroatoms. The van der Waals surface area contributed by atoms with Gasteiger partial charge in [-0.25, -0.2) is 9.13 Å². The van der Waals surface area contributed by atoms with Gasteiger partial charge >= 0.3 is 39.5 Å². The minimum absolute atomic E-state index is 0.105. The predicted octanol–water partition coefficient (Wildman–Crippen LogP) is 19.4. The second kappa shape index (κ2) is 61.6. The molecule has 516 valence electrons. The maximum Gasteiger partial charge on any atom is 0.472 e. The number of rotatable bonds is 68. The Labute approximate surface area is 530 Å². The Bertz CT molecular complexity index is 1690. The second-order valence-electron chi connectivity index (χ2n) is 24.8. The maximum atomic E-state index is 13.0. The van der Waals surface area contributed by atoms with E-state index in [9.17, 15) is 43.2 Å². The summed E-state index contributed by atoms with van der Waals surface area (Å²) in [6.07, 6.45) is 47.4. The SMILES string of the molecule is CCCCCCCCCCCCCCCCCCCCC(=O)O[C@H](COC(=O)CCCCCCCCCCCCC(C)CC)COP(=O)(O)OC[C@@H](O)COP(=O)(O)OC[C@@H](COC(=O)CCCCCCCCC)OC(=O)CCCCCCCCCC. The van der Waals surface area contributed by atoms with Gasteiger partial charge < -0.3 is 33.8 Å².